The van der Waals surface area contributed by atoms with E-state index in [1.165, 1.54) is 19.4 Å². The van der Waals surface area contributed by atoms with E-state index < -0.39 is 99.4 Å². The Balaban J connectivity index is 1.62. The monoisotopic (exact) mass is 656 g/mol. The second-order valence-corrected chi connectivity index (χ2v) is 15.7. The summed E-state index contributed by atoms with van der Waals surface area (Å²) in [7, 11) is 1.32. The molecule has 1 spiro atoms. The second kappa shape index (κ2) is 10.9. The van der Waals surface area contributed by atoms with Gasteiger partial charge in [0.25, 0.3) is 0 Å². The Morgan fingerprint density at radius 3 is 2.34 bits per heavy atom. The lowest BCUT2D eigenvalue weighted by Crippen LogP contribution is -2.76. The molecule has 2 saturated heterocycles. The van der Waals surface area contributed by atoms with E-state index in [9.17, 15) is 24.3 Å². The third-order valence-corrected chi connectivity index (χ3v) is 12.7. The van der Waals surface area contributed by atoms with Crippen molar-refractivity contribution in [2.24, 2.45) is 45.8 Å². The molecule has 1 aromatic rings. The van der Waals surface area contributed by atoms with E-state index in [1.54, 1.807) is 33.1 Å². The first-order valence-corrected chi connectivity index (χ1v) is 16.8. The molecule has 5 aliphatic rings. The van der Waals surface area contributed by atoms with Gasteiger partial charge in [0.1, 0.15) is 23.9 Å². The predicted molar refractivity (Wildman–Crippen MR) is 165 cm³/mol. The molecule has 0 radical (unpaired) electrons. The Kier molecular flexibility index (Phi) is 7.83. The van der Waals surface area contributed by atoms with Crippen LogP contribution in [0.4, 0.5) is 0 Å². The van der Waals surface area contributed by atoms with E-state index in [-0.39, 0.29) is 6.42 Å². The summed E-state index contributed by atoms with van der Waals surface area (Å²) in [5.41, 5.74) is -3.15. The van der Waals surface area contributed by atoms with Crippen LogP contribution in [0.3, 0.4) is 0 Å². The average molecular weight is 657 g/mol. The normalized spacial score (nSPS) is 41.7. The summed E-state index contributed by atoms with van der Waals surface area (Å²) in [5, 5.41) is 13.2. The van der Waals surface area contributed by atoms with Crippen LogP contribution in [0.1, 0.15) is 92.7 Å². The number of furan rings is 1. The molecule has 3 aliphatic heterocycles. The summed E-state index contributed by atoms with van der Waals surface area (Å²) in [5.74, 6) is -7.18. The largest absolute Gasteiger partial charge is 0.472 e. The van der Waals surface area contributed by atoms with E-state index in [4.69, 9.17) is 28.1 Å². The molecule has 258 valence electrons. The second-order valence-electron chi connectivity index (χ2n) is 15.7. The maximum absolute atomic E-state index is 13.6. The van der Waals surface area contributed by atoms with Crippen LogP contribution in [0, 0.1) is 45.8 Å². The van der Waals surface area contributed by atoms with Gasteiger partial charge in [-0.2, -0.15) is 0 Å². The lowest BCUT2D eigenvalue weighted by atomic mass is 9.37. The highest BCUT2D eigenvalue weighted by Gasteiger charge is 2.90. The molecule has 2 aliphatic carbocycles. The van der Waals surface area contributed by atoms with Crippen LogP contribution in [0.5, 0.6) is 0 Å². The topological polar surface area (TPSA) is 148 Å². The van der Waals surface area contributed by atoms with E-state index in [2.05, 4.69) is 0 Å². The third-order valence-electron chi connectivity index (χ3n) is 12.7. The standard InChI is InChI=1S/C36H48O11/c1-10-19(4)31(40)45-28-26-29(46-30(39)18(2)3)35-21(34(8,36(26,41)47-35)22(32(28,5)6)15-24(37)42-9)11-13-33(7)23(35)16-25(38)44-27(33)20-12-14-43-17-20/h12,14,16-19,21-22,26-29,41H,10-11,13,15H2,1-9H3/t19-,21?,22-,26+,27-,28+,29+,33+,34+,35+,36-/m0/s1. The smallest absolute Gasteiger partial charge is 0.331 e. The fourth-order valence-corrected chi connectivity index (χ4v) is 10.1. The van der Waals surface area contributed by atoms with Gasteiger partial charge in [0.2, 0.25) is 0 Å². The minimum atomic E-state index is -2.02. The molecular formula is C36H48O11. The number of rotatable bonds is 8. The van der Waals surface area contributed by atoms with Gasteiger partial charge in [-0.3, -0.25) is 14.4 Å². The number of hydrogen-bond donors (Lipinski definition) is 1. The van der Waals surface area contributed by atoms with Gasteiger partial charge >= 0.3 is 23.9 Å². The van der Waals surface area contributed by atoms with Gasteiger partial charge in [0, 0.05) is 40.2 Å². The average Bonchev–Trinajstić information content (AvgIpc) is 3.68. The van der Waals surface area contributed by atoms with Gasteiger partial charge in [-0.1, -0.05) is 55.4 Å². The molecule has 6 rings (SSSR count). The van der Waals surface area contributed by atoms with Crippen molar-refractivity contribution in [2.45, 2.75) is 111 Å². The molecule has 4 fully saturated rings. The summed E-state index contributed by atoms with van der Waals surface area (Å²) in [6.45, 7) is 14.9. The zero-order valence-electron chi connectivity index (χ0n) is 28.8. The molecule has 1 unspecified atom stereocenters. The quantitative estimate of drug-likeness (QED) is 0.296. The number of methoxy groups -OCH3 is 1. The van der Waals surface area contributed by atoms with Crippen molar-refractivity contribution >= 4 is 23.9 Å². The Bertz CT molecular complexity index is 1490. The molecule has 4 heterocycles. The molecular weight excluding hydrogens is 608 g/mol. The number of cyclic esters (lactones) is 1. The molecule has 11 nitrogen and oxygen atoms in total. The van der Waals surface area contributed by atoms with Crippen LogP contribution in [0.15, 0.2) is 34.7 Å². The van der Waals surface area contributed by atoms with E-state index in [1.807, 2.05) is 34.6 Å². The van der Waals surface area contributed by atoms with Crippen molar-refractivity contribution in [3.8, 4) is 0 Å². The Hall–Kier alpha value is -3.18. The molecule has 2 saturated carbocycles. The Morgan fingerprint density at radius 2 is 1.74 bits per heavy atom. The first-order valence-electron chi connectivity index (χ1n) is 16.8. The fourth-order valence-electron chi connectivity index (χ4n) is 10.1. The minimum absolute atomic E-state index is 0.0746. The van der Waals surface area contributed by atoms with Gasteiger partial charge in [-0.25, -0.2) is 4.79 Å². The maximum atomic E-state index is 13.6. The Labute approximate surface area is 275 Å². The zero-order chi connectivity index (χ0) is 34.5. The van der Waals surface area contributed by atoms with Crippen LogP contribution in [-0.2, 0) is 42.9 Å². The van der Waals surface area contributed by atoms with Crippen molar-refractivity contribution in [1.82, 2.24) is 0 Å². The van der Waals surface area contributed by atoms with Crippen molar-refractivity contribution < 1.29 is 52.4 Å². The molecule has 0 aromatic carbocycles. The highest BCUT2D eigenvalue weighted by molar-refractivity contribution is 5.86. The fraction of sp³-hybridized carbons (Fsp3) is 0.722. The number of ether oxygens (including phenoxy) is 5. The molecule has 1 N–H and O–H groups in total. The van der Waals surface area contributed by atoms with Crippen LogP contribution >= 0.6 is 0 Å². The lowest BCUT2D eigenvalue weighted by Gasteiger charge is -2.67. The number of esters is 4. The van der Waals surface area contributed by atoms with Crippen LogP contribution in [-0.4, -0.2) is 59.7 Å². The number of aliphatic hydroxyl groups is 1. The molecule has 11 atom stereocenters. The Morgan fingerprint density at radius 1 is 1.06 bits per heavy atom. The molecule has 47 heavy (non-hydrogen) atoms. The molecule has 11 heteroatoms. The number of carbonyl (C=O) groups excluding carboxylic acids is 4. The number of carbonyl (C=O) groups is 4. The SMILES string of the molecule is CC[C@H](C)C(=O)O[C@@H]1[C@@H]2[C@@H](OC(=O)C(C)C)[C@@]34O[C@]2(O)[C@](C)(C3CC[C@]2(C)C4=CC(=O)O[C@H]2c2ccoc2)[C@@H](CC(=O)OC)C1(C)C. The first-order chi connectivity index (χ1) is 21.9. The predicted octanol–water partition coefficient (Wildman–Crippen LogP) is 5.06. The van der Waals surface area contributed by atoms with Crippen molar-refractivity contribution in [3.05, 3.63) is 35.8 Å². The maximum Gasteiger partial charge on any atom is 0.331 e. The number of hydrogen-bond acceptors (Lipinski definition) is 11. The van der Waals surface area contributed by atoms with Crippen molar-refractivity contribution in [2.75, 3.05) is 7.11 Å². The van der Waals surface area contributed by atoms with Gasteiger partial charge < -0.3 is 33.2 Å². The van der Waals surface area contributed by atoms with Gasteiger partial charge in [-0.15, -0.1) is 0 Å². The van der Waals surface area contributed by atoms with E-state index in [0.29, 0.717) is 30.4 Å². The van der Waals surface area contributed by atoms with Crippen molar-refractivity contribution in [1.29, 1.82) is 0 Å². The lowest BCUT2D eigenvalue weighted by molar-refractivity contribution is -0.326. The van der Waals surface area contributed by atoms with Gasteiger partial charge in [-0.05, 0) is 36.8 Å². The highest BCUT2D eigenvalue weighted by atomic mass is 16.7. The summed E-state index contributed by atoms with van der Waals surface area (Å²) in [6.07, 6.45) is 3.07. The summed E-state index contributed by atoms with van der Waals surface area (Å²) in [6, 6.07) is 1.75. The molecule has 2 bridgehead atoms. The van der Waals surface area contributed by atoms with Crippen LogP contribution in [0.2, 0.25) is 0 Å². The molecule has 0 amide bonds. The van der Waals surface area contributed by atoms with Gasteiger partial charge in [0.15, 0.2) is 5.79 Å². The summed E-state index contributed by atoms with van der Waals surface area (Å²) < 4.78 is 36.3. The first kappa shape index (κ1) is 33.7. The van der Waals surface area contributed by atoms with E-state index >= 15 is 0 Å². The summed E-state index contributed by atoms with van der Waals surface area (Å²) in [4.78, 5) is 53.7. The number of fused-ring (bicyclic) bond motifs is 2. The van der Waals surface area contributed by atoms with Gasteiger partial charge in [0.05, 0.1) is 37.4 Å². The third kappa shape index (κ3) is 4.30. The van der Waals surface area contributed by atoms with Crippen LogP contribution in [0.25, 0.3) is 0 Å². The zero-order valence-corrected chi connectivity index (χ0v) is 28.8. The minimum Gasteiger partial charge on any atom is -0.472 e. The van der Waals surface area contributed by atoms with Crippen LogP contribution < -0.4 is 0 Å². The van der Waals surface area contributed by atoms with E-state index in [0.717, 1.165) is 0 Å². The highest BCUT2D eigenvalue weighted by Crippen LogP contribution is 2.81. The molecule has 1 aromatic heterocycles. The van der Waals surface area contributed by atoms with Crippen molar-refractivity contribution in [3.63, 3.8) is 0 Å². The summed E-state index contributed by atoms with van der Waals surface area (Å²) >= 11 is 0.